The van der Waals surface area contributed by atoms with Crippen molar-refractivity contribution in [2.45, 2.75) is 0 Å². The highest BCUT2D eigenvalue weighted by Crippen LogP contribution is 2.39. The van der Waals surface area contributed by atoms with Crippen molar-refractivity contribution >= 4 is 24.3 Å². The van der Waals surface area contributed by atoms with Gasteiger partial charge in [-0.25, -0.2) is 0 Å². The third kappa shape index (κ3) is 4.78. The minimum atomic E-state index is 0.768. The van der Waals surface area contributed by atoms with E-state index < -0.39 is 0 Å². The maximum absolute atomic E-state index is 6.61. The van der Waals surface area contributed by atoms with Gasteiger partial charge in [-0.15, -0.1) is 0 Å². The van der Waals surface area contributed by atoms with Crippen LogP contribution in [0.5, 0.6) is 11.5 Å². The van der Waals surface area contributed by atoms with Crippen molar-refractivity contribution in [1.82, 2.24) is 0 Å². The van der Waals surface area contributed by atoms with Crippen molar-refractivity contribution in [1.29, 1.82) is 0 Å². The predicted octanol–water partition coefficient (Wildman–Crippen LogP) is 9.38. The second-order valence-corrected chi connectivity index (χ2v) is 7.67. The molecule has 1 heteroatoms. The fraction of sp³-hybridized carbons (Fsp3) is 0. The minimum Gasteiger partial charge on any atom is -0.456 e. The van der Waals surface area contributed by atoms with Crippen LogP contribution in [0.15, 0.2) is 111 Å². The van der Waals surface area contributed by atoms with Crippen LogP contribution in [0, 0.1) is 0 Å². The Morgan fingerprint density at radius 1 is 0.424 bits per heavy atom. The Balaban J connectivity index is 1.83. The van der Waals surface area contributed by atoms with Crippen LogP contribution in [0.3, 0.4) is 0 Å². The van der Waals surface area contributed by atoms with Gasteiger partial charge < -0.3 is 4.74 Å². The van der Waals surface area contributed by atoms with Crippen molar-refractivity contribution in [3.63, 3.8) is 0 Å². The average molecular weight is 427 g/mol. The zero-order chi connectivity index (χ0) is 23.2. The summed E-state index contributed by atoms with van der Waals surface area (Å²) in [6.07, 6.45) is 7.33. The largest absolute Gasteiger partial charge is 0.456 e. The highest BCUT2D eigenvalue weighted by Gasteiger charge is 2.13. The van der Waals surface area contributed by atoms with Crippen molar-refractivity contribution in [2.75, 3.05) is 0 Å². The molecule has 4 aromatic carbocycles. The van der Waals surface area contributed by atoms with Gasteiger partial charge in [0, 0.05) is 11.1 Å². The molecule has 0 saturated carbocycles. The lowest BCUT2D eigenvalue weighted by Gasteiger charge is -2.16. The number of ether oxygens (including phenoxy) is 1. The van der Waals surface area contributed by atoms with Crippen molar-refractivity contribution < 1.29 is 4.74 Å². The normalized spacial score (nSPS) is 10.3. The van der Waals surface area contributed by atoms with Gasteiger partial charge in [-0.1, -0.05) is 123 Å². The van der Waals surface area contributed by atoms with Crippen LogP contribution in [0.25, 0.3) is 46.6 Å². The third-order valence-electron chi connectivity index (χ3n) is 5.62. The van der Waals surface area contributed by atoms with Crippen LogP contribution in [0.1, 0.15) is 22.3 Å². The van der Waals surface area contributed by atoms with Gasteiger partial charge in [0.1, 0.15) is 11.5 Å². The highest BCUT2D eigenvalue weighted by atomic mass is 16.5. The monoisotopic (exact) mass is 426 g/mol. The van der Waals surface area contributed by atoms with Crippen LogP contribution < -0.4 is 4.74 Å². The van der Waals surface area contributed by atoms with Crippen molar-refractivity contribution in [2.24, 2.45) is 0 Å². The molecule has 0 saturated heterocycles. The third-order valence-corrected chi connectivity index (χ3v) is 5.62. The molecule has 0 heterocycles. The first-order valence-corrected chi connectivity index (χ1v) is 10.8. The SMILES string of the molecule is C=Cc1ccc(-c2ccc(C=C)cc2Oc2cc(C=C)ccc2-c2ccc(C=C)cc2)cc1. The lowest BCUT2D eigenvalue weighted by Crippen LogP contribution is -1.93. The van der Waals surface area contributed by atoms with E-state index in [1.165, 1.54) is 0 Å². The fourth-order valence-corrected chi connectivity index (χ4v) is 3.69. The highest BCUT2D eigenvalue weighted by molar-refractivity contribution is 5.77. The Bertz CT molecular complexity index is 1220. The molecule has 4 aromatic rings. The molecule has 0 radical (unpaired) electrons. The first-order valence-electron chi connectivity index (χ1n) is 10.8. The van der Waals surface area contributed by atoms with Gasteiger partial charge in [-0.05, 0) is 45.5 Å². The van der Waals surface area contributed by atoms with Crippen molar-refractivity contribution in [3.8, 4) is 33.8 Å². The molecule has 33 heavy (non-hydrogen) atoms. The first kappa shape index (κ1) is 21.9. The van der Waals surface area contributed by atoms with E-state index in [0.717, 1.165) is 56.0 Å². The van der Waals surface area contributed by atoms with E-state index >= 15 is 0 Å². The van der Waals surface area contributed by atoms with Crippen LogP contribution >= 0.6 is 0 Å². The standard InChI is InChI=1S/C32H26O/c1-5-23-9-15-27(16-10-23)29-19-13-25(7-3)21-31(29)33-32-22-26(8-4)14-20-30(32)28-17-11-24(6-2)12-18-28/h5-22H,1-4H2. The maximum atomic E-state index is 6.61. The van der Waals surface area contributed by atoms with E-state index in [9.17, 15) is 0 Å². The molecule has 0 atom stereocenters. The Hall–Kier alpha value is -4.36. The van der Waals surface area contributed by atoms with Crippen LogP contribution in [0.2, 0.25) is 0 Å². The molecule has 160 valence electrons. The number of benzene rings is 4. The first-order chi connectivity index (χ1) is 16.1. The summed E-state index contributed by atoms with van der Waals surface area (Å²) in [7, 11) is 0. The van der Waals surface area contributed by atoms with Gasteiger partial charge in [0.05, 0.1) is 0 Å². The molecule has 0 aromatic heterocycles. The summed E-state index contributed by atoms with van der Waals surface area (Å²) in [4.78, 5) is 0. The molecule has 0 unspecified atom stereocenters. The van der Waals surface area contributed by atoms with E-state index in [0.29, 0.717) is 0 Å². The number of hydrogen-bond acceptors (Lipinski definition) is 1. The van der Waals surface area contributed by atoms with Gasteiger partial charge >= 0.3 is 0 Å². The number of hydrogen-bond donors (Lipinski definition) is 0. The molecular weight excluding hydrogens is 400 g/mol. The van der Waals surface area contributed by atoms with E-state index in [1.807, 2.05) is 48.6 Å². The second-order valence-electron chi connectivity index (χ2n) is 7.67. The quantitative estimate of drug-likeness (QED) is 0.273. The molecule has 0 aliphatic carbocycles. The zero-order valence-corrected chi connectivity index (χ0v) is 18.6. The maximum Gasteiger partial charge on any atom is 0.135 e. The Morgan fingerprint density at radius 2 is 0.758 bits per heavy atom. The van der Waals surface area contributed by atoms with Crippen molar-refractivity contribution in [3.05, 3.63) is 133 Å². The summed E-state index contributed by atoms with van der Waals surface area (Å²) in [5.74, 6) is 1.54. The van der Waals surface area contributed by atoms with Crippen LogP contribution in [0.4, 0.5) is 0 Å². The molecule has 4 rings (SSSR count). The fourth-order valence-electron chi connectivity index (χ4n) is 3.69. The summed E-state index contributed by atoms with van der Waals surface area (Å²) in [6.45, 7) is 15.5. The topological polar surface area (TPSA) is 9.23 Å². The number of rotatable bonds is 8. The second kappa shape index (κ2) is 9.84. The zero-order valence-electron chi connectivity index (χ0n) is 18.6. The Kier molecular flexibility index (Phi) is 6.52. The molecule has 0 amide bonds. The molecule has 1 nitrogen and oxygen atoms in total. The smallest absolute Gasteiger partial charge is 0.135 e. The van der Waals surface area contributed by atoms with Gasteiger partial charge in [-0.3, -0.25) is 0 Å². The summed E-state index contributed by atoms with van der Waals surface area (Å²) >= 11 is 0. The molecular formula is C32H26O. The van der Waals surface area contributed by atoms with Crippen LogP contribution in [-0.2, 0) is 0 Å². The summed E-state index contributed by atoms with van der Waals surface area (Å²) in [6, 6.07) is 28.8. The Morgan fingerprint density at radius 3 is 1.09 bits per heavy atom. The molecule has 0 fully saturated rings. The lowest BCUT2D eigenvalue weighted by molar-refractivity contribution is 0.486. The van der Waals surface area contributed by atoms with Gasteiger partial charge in [-0.2, -0.15) is 0 Å². The van der Waals surface area contributed by atoms with E-state index in [2.05, 4.69) is 87.0 Å². The molecule has 0 aliphatic heterocycles. The molecule has 0 N–H and O–H groups in total. The average Bonchev–Trinajstić information content (AvgIpc) is 2.88. The van der Waals surface area contributed by atoms with E-state index in [4.69, 9.17) is 4.74 Å². The van der Waals surface area contributed by atoms with Crippen LogP contribution in [-0.4, -0.2) is 0 Å². The van der Waals surface area contributed by atoms with Gasteiger partial charge in [0.15, 0.2) is 0 Å². The summed E-state index contributed by atoms with van der Waals surface area (Å²) in [5, 5.41) is 0. The minimum absolute atomic E-state index is 0.768. The van der Waals surface area contributed by atoms with E-state index in [1.54, 1.807) is 0 Å². The van der Waals surface area contributed by atoms with Gasteiger partial charge in [0.2, 0.25) is 0 Å². The summed E-state index contributed by atoms with van der Waals surface area (Å²) < 4.78 is 6.61. The van der Waals surface area contributed by atoms with E-state index in [-0.39, 0.29) is 0 Å². The molecule has 0 aliphatic rings. The van der Waals surface area contributed by atoms with Gasteiger partial charge in [0.25, 0.3) is 0 Å². The predicted molar refractivity (Wildman–Crippen MR) is 144 cm³/mol. The lowest BCUT2D eigenvalue weighted by atomic mass is 9.99. The Labute approximate surface area is 196 Å². The molecule has 0 bridgehead atoms. The summed E-state index contributed by atoms with van der Waals surface area (Å²) in [5.41, 5.74) is 8.30. The molecule has 0 spiro atoms.